The molecule has 0 radical (unpaired) electrons. The minimum absolute atomic E-state index is 0.0184. The second-order valence-electron chi connectivity index (χ2n) is 8.53. The zero-order valence-corrected chi connectivity index (χ0v) is 19.5. The number of hydrogen-bond acceptors (Lipinski definition) is 5. The molecule has 1 aromatic carbocycles. The predicted molar refractivity (Wildman–Crippen MR) is 127 cm³/mol. The van der Waals surface area contributed by atoms with Gasteiger partial charge < -0.3 is 20.1 Å². The van der Waals surface area contributed by atoms with Gasteiger partial charge in [-0.3, -0.25) is 14.4 Å². The Bertz CT molecular complexity index is 838. The van der Waals surface area contributed by atoms with E-state index in [0.29, 0.717) is 32.2 Å². The summed E-state index contributed by atoms with van der Waals surface area (Å²) in [6.07, 6.45) is 6.07. The van der Waals surface area contributed by atoms with Crippen molar-refractivity contribution in [2.75, 3.05) is 13.2 Å². The average Bonchev–Trinajstić information content (AvgIpc) is 2.81. The maximum Gasteiger partial charge on any atom is 0.305 e. The minimum Gasteiger partial charge on any atom is -0.464 e. The fourth-order valence-corrected chi connectivity index (χ4v) is 3.94. The monoisotopic (exact) mass is 456 g/mol. The number of ether oxygens (including phenoxy) is 1. The number of unbranched alkanes of at least 4 members (excludes halogenated alkanes) is 1. The van der Waals surface area contributed by atoms with Gasteiger partial charge in [0.25, 0.3) is 0 Å². The number of carbonyl (C=O) groups is 3. The lowest BCUT2D eigenvalue weighted by Gasteiger charge is -2.36. The first kappa shape index (κ1) is 26.3. The Morgan fingerprint density at radius 3 is 2.64 bits per heavy atom. The van der Waals surface area contributed by atoms with Crippen LogP contribution in [0.25, 0.3) is 0 Å². The van der Waals surface area contributed by atoms with Crippen molar-refractivity contribution < 1.29 is 24.2 Å². The molecule has 33 heavy (non-hydrogen) atoms. The van der Waals surface area contributed by atoms with Crippen LogP contribution in [0.15, 0.2) is 49.6 Å². The Balaban J connectivity index is 1.92. The zero-order chi connectivity index (χ0) is 24.2. The molecule has 7 nitrogen and oxygen atoms in total. The molecule has 0 bridgehead atoms. The second kappa shape index (κ2) is 13.6. The number of aliphatic hydroxyl groups is 1. The number of carbonyl (C=O) groups excluding carboxylic acids is 3. The van der Waals surface area contributed by atoms with Gasteiger partial charge in [0.15, 0.2) is 0 Å². The molecule has 2 N–H and O–H groups in total. The molecule has 0 saturated heterocycles. The van der Waals surface area contributed by atoms with E-state index in [1.54, 1.807) is 24.0 Å². The SMILES string of the molecule is C=CCCCC(=O)OC[C@H](C)NC(=O)[C@@H](CC=C)CC(=O)N1Cc2ccccc2C[C@H]1CO. The van der Waals surface area contributed by atoms with Crippen LogP contribution in [0.3, 0.4) is 0 Å². The third kappa shape index (κ3) is 8.17. The topological polar surface area (TPSA) is 95.9 Å². The molecule has 1 aliphatic heterocycles. The molecule has 1 heterocycles. The summed E-state index contributed by atoms with van der Waals surface area (Å²) < 4.78 is 5.22. The molecule has 0 spiro atoms. The van der Waals surface area contributed by atoms with E-state index in [2.05, 4.69) is 18.5 Å². The molecule has 0 unspecified atom stereocenters. The molecule has 1 aliphatic rings. The van der Waals surface area contributed by atoms with Crippen molar-refractivity contribution in [1.82, 2.24) is 10.2 Å². The van der Waals surface area contributed by atoms with Crippen molar-refractivity contribution in [2.45, 2.75) is 64.1 Å². The number of hydrogen-bond donors (Lipinski definition) is 2. The zero-order valence-electron chi connectivity index (χ0n) is 19.5. The van der Waals surface area contributed by atoms with E-state index in [9.17, 15) is 19.5 Å². The van der Waals surface area contributed by atoms with Crippen LogP contribution in [-0.4, -0.2) is 53.1 Å². The van der Waals surface area contributed by atoms with Gasteiger partial charge in [-0.1, -0.05) is 36.4 Å². The number of allylic oxidation sites excluding steroid dienone is 2. The molecule has 180 valence electrons. The molecule has 0 fully saturated rings. The second-order valence-corrected chi connectivity index (χ2v) is 8.53. The van der Waals surface area contributed by atoms with Crippen molar-refractivity contribution in [1.29, 1.82) is 0 Å². The fourth-order valence-electron chi connectivity index (χ4n) is 3.94. The summed E-state index contributed by atoms with van der Waals surface area (Å²) in [7, 11) is 0. The van der Waals surface area contributed by atoms with E-state index in [0.717, 1.165) is 17.5 Å². The molecule has 0 aliphatic carbocycles. The van der Waals surface area contributed by atoms with Gasteiger partial charge in [0.1, 0.15) is 6.61 Å². The highest BCUT2D eigenvalue weighted by Crippen LogP contribution is 2.25. The van der Waals surface area contributed by atoms with E-state index in [-0.39, 0.29) is 49.5 Å². The van der Waals surface area contributed by atoms with Crippen LogP contribution >= 0.6 is 0 Å². The number of fused-ring (bicyclic) bond motifs is 1. The molecule has 3 atom stereocenters. The van der Waals surface area contributed by atoms with Crippen LogP contribution in [0, 0.1) is 5.92 Å². The smallest absolute Gasteiger partial charge is 0.305 e. The van der Waals surface area contributed by atoms with Gasteiger partial charge in [0, 0.05) is 19.4 Å². The van der Waals surface area contributed by atoms with E-state index in [1.807, 2.05) is 24.3 Å². The Labute approximate surface area is 196 Å². The van der Waals surface area contributed by atoms with Gasteiger partial charge >= 0.3 is 5.97 Å². The van der Waals surface area contributed by atoms with Gasteiger partial charge in [-0.05, 0) is 43.7 Å². The fraction of sp³-hybridized carbons (Fsp3) is 0.500. The summed E-state index contributed by atoms with van der Waals surface area (Å²) in [5, 5.41) is 12.7. The first-order valence-corrected chi connectivity index (χ1v) is 11.5. The Morgan fingerprint density at radius 1 is 1.24 bits per heavy atom. The highest BCUT2D eigenvalue weighted by molar-refractivity contribution is 5.86. The number of nitrogens with zero attached hydrogens (tertiary/aromatic N) is 1. The largest absolute Gasteiger partial charge is 0.464 e. The van der Waals surface area contributed by atoms with Crippen LogP contribution in [0.5, 0.6) is 0 Å². The van der Waals surface area contributed by atoms with E-state index in [4.69, 9.17) is 4.74 Å². The van der Waals surface area contributed by atoms with E-state index >= 15 is 0 Å². The maximum absolute atomic E-state index is 13.1. The van der Waals surface area contributed by atoms with Crippen molar-refractivity contribution in [3.05, 3.63) is 60.7 Å². The first-order chi connectivity index (χ1) is 15.9. The number of benzene rings is 1. The molecular formula is C26H36N2O5. The third-order valence-corrected chi connectivity index (χ3v) is 5.80. The summed E-state index contributed by atoms with van der Waals surface area (Å²) in [6.45, 7) is 9.45. The van der Waals surface area contributed by atoms with Gasteiger partial charge in [-0.15, -0.1) is 13.2 Å². The normalized spacial score (nSPS) is 16.8. The Kier molecular flexibility index (Phi) is 10.8. The Morgan fingerprint density at radius 2 is 1.97 bits per heavy atom. The molecule has 1 aromatic rings. The van der Waals surface area contributed by atoms with Crippen LogP contribution in [0.4, 0.5) is 0 Å². The van der Waals surface area contributed by atoms with E-state index < -0.39 is 5.92 Å². The molecule has 2 amide bonds. The summed E-state index contributed by atoms with van der Waals surface area (Å²) in [4.78, 5) is 39.4. The van der Waals surface area contributed by atoms with Crippen LogP contribution in [0.1, 0.15) is 50.2 Å². The van der Waals surface area contributed by atoms with Crippen molar-refractivity contribution >= 4 is 17.8 Å². The van der Waals surface area contributed by atoms with E-state index in [1.165, 1.54) is 0 Å². The number of aliphatic hydroxyl groups excluding tert-OH is 1. The standard InChI is InChI=1S/C26H36N2O5/c1-4-6-7-13-25(31)33-18-19(3)27-26(32)21(10-5-2)15-24(30)28-16-22-12-9-8-11-20(22)14-23(28)17-29/h4-5,8-9,11-12,19,21,23,29H,1-2,6-7,10,13-18H2,3H3,(H,27,32)/t19-,21-,23-/m0/s1. The first-order valence-electron chi connectivity index (χ1n) is 11.5. The highest BCUT2D eigenvalue weighted by Gasteiger charge is 2.32. The van der Waals surface area contributed by atoms with Crippen molar-refractivity contribution in [3.8, 4) is 0 Å². The van der Waals surface area contributed by atoms with Gasteiger partial charge in [0.05, 0.1) is 24.6 Å². The maximum atomic E-state index is 13.1. The van der Waals surface area contributed by atoms with Gasteiger partial charge in [0.2, 0.25) is 11.8 Å². The summed E-state index contributed by atoms with van der Waals surface area (Å²) in [5.41, 5.74) is 2.19. The molecular weight excluding hydrogens is 420 g/mol. The van der Waals surface area contributed by atoms with Gasteiger partial charge in [-0.25, -0.2) is 0 Å². The lowest BCUT2D eigenvalue weighted by Crippen LogP contribution is -2.48. The summed E-state index contributed by atoms with van der Waals surface area (Å²) in [6, 6.07) is 7.20. The Hall–Kier alpha value is -2.93. The predicted octanol–water partition coefficient (Wildman–Crippen LogP) is 2.92. The van der Waals surface area contributed by atoms with Crippen molar-refractivity contribution in [3.63, 3.8) is 0 Å². The number of esters is 1. The molecule has 7 heteroatoms. The van der Waals surface area contributed by atoms with Crippen LogP contribution in [0.2, 0.25) is 0 Å². The van der Waals surface area contributed by atoms with Crippen molar-refractivity contribution in [2.24, 2.45) is 5.92 Å². The minimum atomic E-state index is -0.586. The lowest BCUT2D eigenvalue weighted by molar-refractivity contribution is -0.145. The highest BCUT2D eigenvalue weighted by atomic mass is 16.5. The molecule has 2 rings (SSSR count). The quantitative estimate of drug-likeness (QED) is 0.270. The van der Waals surface area contributed by atoms with Crippen LogP contribution < -0.4 is 5.32 Å². The lowest BCUT2D eigenvalue weighted by atomic mass is 9.92. The number of amides is 2. The number of rotatable bonds is 13. The summed E-state index contributed by atoms with van der Waals surface area (Å²) in [5.74, 6) is -1.35. The average molecular weight is 457 g/mol. The van der Waals surface area contributed by atoms with Crippen LogP contribution in [-0.2, 0) is 32.1 Å². The third-order valence-electron chi connectivity index (χ3n) is 5.80. The molecule has 0 aromatic heterocycles. The number of nitrogens with one attached hydrogen (secondary N) is 1. The van der Waals surface area contributed by atoms with Gasteiger partial charge in [-0.2, -0.15) is 0 Å². The summed E-state index contributed by atoms with van der Waals surface area (Å²) >= 11 is 0. The molecule has 0 saturated carbocycles.